The summed E-state index contributed by atoms with van der Waals surface area (Å²) in [4.78, 5) is 32.8. The van der Waals surface area contributed by atoms with E-state index in [9.17, 15) is 9.59 Å². The van der Waals surface area contributed by atoms with E-state index in [-0.39, 0.29) is 24.4 Å². The Morgan fingerprint density at radius 2 is 1.97 bits per heavy atom. The van der Waals surface area contributed by atoms with E-state index in [1.165, 1.54) is 11.3 Å². The number of benzene rings is 1. The standard InChI is InChI=1S/C22H26N4O2S/c1-15-9-11-25(12-10-15)20(27)14-26-18-7-4-3-6-17(18)24-21(26)16(2)23-22(28)19-8-5-13-29-19/h3-8,13,15-16H,9-12,14H2,1-2H3,(H,23,28). The van der Waals surface area contributed by atoms with Crippen molar-refractivity contribution < 1.29 is 9.59 Å². The number of carbonyl (C=O) groups excluding carboxylic acids is 2. The van der Waals surface area contributed by atoms with Crippen molar-refractivity contribution in [3.63, 3.8) is 0 Å². The van der Waals surface area contributed by atoms with Crippen LogP contribution >= 0.6 is 11.3 Å². The van der Waals surface area contributed by atoms with Gasteiger partial charge in [0.1, 0.15) is 12.4 Å². The molecule has 0 spiro atoms. The number of hydrogen-bond acceptors (Lipinski definition) is 4. The van der Waals surface area contributed by atoms with Crippen LogP contribution in [0.3, 0.4) is 0 Å². The average molecular weight is 411 g/mol. The van der Waals surface area contributed by atoms with Crippen LogP contribution in [0.4, 0.5) is 0 Å². The molecule has 0 saturated carbocycles. The Bertz CT molecular complexity index is 1000. The number of nitrogens with zero attached hydrogens (tertiary/aromatic N) is 3. The summed E-state index contributed by atoms with van der Waals surface area (Å²) < 4.78 is 1.95. The third-order valence-corrected chi connectivity index (χ3v) is 6.46. The topological polar surface area (TPSA) is 67.2 Å². The van der Waals surface area contributed by atoms with Gasteiger partial charge in [-0.3, -0.25) is 9.59 Å². The minimum atomic E-state index is -0.314. The first-order valence-corrected chi connectivity index (χ1v) is 11.0. The Kier molecular flexibility index (Phi) is 5.67. The molecule has 0 radical (unpaired) electrons. The van der Waals surface area contributed by atoms with E-state index >= 15 is 0 Å². The first kappa shape index (κ1) is 19.6. The summed E-state index contributed by atoms with van der Waals surface area (Å²) >= 11 is 1.41. The molecular weight excluding hydrogens is 384 g/mol. The van der Waals surface area contributed by atoms with E-state index in [1.807, 2.05) is 52.1 Å². The Hall–Kier alpha value is -2.67. The zero-order valence-electron chi connectivity index (χ0n) is 16.8. The summed E-state index contributed by atoms with van der Waals surface area (Å²) in [5.41, 5.74) is 1.75. The third kappa shape index (κ3) is 4.19. The molecule has 0 bridgehead atoms. The van der Waals surface area contributed by atoms with Crippen LogP contribution in [0, 0.1) is 5.92 Å². The molecule has 3 aromatic rings. The average Bonchev–Trinajstić information content (AvgIpc) is 3.37. The lowest BCUT2D eigenvalue weighted by Crippen LogP contribution is -2.40. The molecule has 1 aromatic carbocycles. The molecule has 4 rings (SSSR count). The van der Waals surface area contributed by atoms with Crippen LogP contribution in [0.1, 0.15) is 48.2 Å². The van der Waals surface area contributed by atoms with Crippen molar-refractivity contribution in [3.8, 4) is 0 Å². The quantitative estimate of drug-likeness (QED) is 0.695. The SMILES string of the molecule is CC1CCN(C(=O)Cn2c(C(C)NC(=O)c3cccs3)nc3ccccc32)CC1. The molecule has 3 heterocycles. The number of hydrogen-bond donors (Lipinski definition) is 1. The molecule has 6 nitrogen and oxygen atoms in total. The van der Waals surface area contributed by atoms with Gasteiger partial charge in [0.25, 0.3) is 5.91 Å². The lowest BCUT2D eigenvalue weighted by Gasteiger charge is -2.30. The summed E-state index contributed by atoms with van der Waals surface area (Å²) in [6.45, 7) is 6.01. The predicted molar refractivity (Wildman–Crippen MR) is 115 cm³/mol. The second-order valence-corrected chi connectivity index (χ2v) is 8.73. The molecule has 2 aromatic heterocycles. The van der Waals surface area contributed by atoms with Crippen molar-refractivity contribution in [1.82, 2.24) is 19.8 Å². The van der Waals surface area contributed by atoms with Gasteiger partial charge in [-0.05, 0) is 49.3 Å². The highest BCUT2D eigenvalue weighted by Crippen LogP contribution is 2.23. The number of amides is 2. The maximum absolute atomic E-state index is 13.0. The van der Waals surface area contributed by atoms with Crippen LogP contribution < -0.4 is 5.32 Å². The normalized spacial score (nSPS) is 16.1. The number of imidazole rings is 1. The first-order chi connectivity index (χ1) is 14.0. The molecule has 1 N–H and O–H groups in total. The zero-order chi connectivity index (χ0) is 20.4. The summed E-state index contributed by atoms with van der Waals surface area (Å²) in [5.74, 6) is 1.37. The number of aromatic nitrogens is 2. The fourth-order valence-corrected chi connectivity index (χ4v) is 4.45. The first-order valence-electron chi connectivity index (χ1n) is 10.1. The van der Waals surface area contributed by atoms with E-state index in [1.54, 1.807) is 6.07 Å². The van der Waals surface area contributed by atoms with Gasteiger partial charge in [-0.2, -0.15) is 0 Å². The zero-order valence-corrected chi connectivity index (χ0v) is 17.6. The van der Waals surface area contributed by atoms with Crippen LogP contribution in [0.5, 0.6) is 0 Å². The lowest BCUT2D eigenvalue weighted by atomic mass is 9.99. The number of para-hydroxylation sites is 2. The number of piperidine rings is 1. The predicted octanol–water partition coefficient (Wildman–Crippen LogP) is 3.85. The Morgan fingerprint density at radius 3 is 2.69 bits per heavy atom. The van der Waals surface area contributed by atoms with Gasteiger partial charge < -0.3 is 14.8 Å². The van der Waals surface area contributed by atoms with Crippen LogP contribution in [0.2, 0.25) is 0 Å². The second-order valence-electron chi connectivity index (χ2n) is 7.78. The van der Waals surface area contributed by atoms with Gasteiger partial charge >= 0.3 is 0 Å². The highest BCUT2D eigenvalue weighted by Gasteiger charge is 2.24. The van der Waals surface area contributed by atoms with E-state index < -0.39 is 0 Å². The maximum atomic E-state index is 13.0. The molecule has 1 unspecified atom stereocenters. The number of rotatable bonds is 5. The van der Waals surface area contributed by atoms with Crippen molar-refractivity contribution in [1.29, 1.82) is 0 Å². The number of thiophene rings is 1. The summed E-state index contributed by atoms with van der Waals surface area (Å²) in [6.07, 6.45) is 2.10. The molecule has 7 heteroatoms. The molecule has 2 amide bonds. The van der Waals surface area contributed by atoms with Gasteiger partial charge in [-0.15, -0.1) is 11.3 Å². The molecular formula is C22H26N4O2S. The van der Waals surface area contributed by atoms with Crippen LogP contribution in [-0.2, 0) is 11.3 Å². The number of carbonyl (C=O) groups is 2. The van der Waals surface area contributed by atoms with Gasteiger partial charge in [-0.1, -0.05) is 25.1 Å². The summed E-state index contributed by atoms with van der Waals surface area (Å²) in [7, 11) is 0. The summed E-state index contributed by atoms with van der Waals surface area (Å²) in [5, 5.41) is 4.90. The number of nitrogens with one attached hydrogen (secondary N) is 1. The highest BCUT2D eigenvalue weighted by atomic mass is 32.1. The molecule has 0 aliphatic carbocycles. The molecule has 1 saturated heterocycles. The highest BCUT2D eigenvalue weighted by molar-refractivity contribution is 7.12. The largest absolute Gasteiger partial charge is 0.342 e. The monoisotopic (exact) mass is 410 g/mol. The summed E-state index contributed by atoms with van der Waals surface area (Å²) in [6, 6.07) is 11.2. The molecule has 29 heavy (non-hydrogen) atoms. The molecule has 152 valence electrons. The maximum Gasteiger partial charge on any atom is 0.261 e. The van der Waals surface area contributed by atoms with Gasteiger partial charge in [0.2, 0.25) is 5.91 Å². The van der Waals surface area contributed by atoms with Gasteiger partial charge in [0, 0.05) is 13.1 Å². The van der Waals surface area contributed by atoms with Gasteiger partial charge in [-0.25, -0.2) is 4.98 Å². The van der Waals surface area contributed by atoms with E-state index in [4.69, 9.17) is 4.98 Å². The Morgan fingerprint density at radius 1 is 1.21 bits per heavy atom. The minimum absolute atomic E-state index is 0.109. The molecule has 1 atom stereocenters. The van der Waals surface area contributed by atoms with Gasteiger partial charge in [0.15, 0.2) is 0 Å². The van der Waals surface area contributed by atoms with E-state index in [2.05, 4.69) is 12.2 Å². The van der Waals surface area contributed by atoms with Crippen LogP contribution in [-0.4, -0.2) is 39.4 Å². The van der Waals surface area contributed by atoms with E-state index in [0.717, 1.165) is 37.0 Å². The smallest absolute Gasteiger partial charge is 0.261 e. The van der Waals surface area contributed by atoms with Gasteiger partial charge in [0.05, 0.1) is 22.0 Å². The number of likely N-dealkylation sites (tertiary alicyclic amines) is 1. The van der Waals surface area contributed by atoms with Crippen LogP contribution in [0.25, 0.3) is 11.0 Å². The van der Waals surface area contributed by atoms with Crippen molar-refractivity contribution in [2.24, 2.45) is 5.92 Å². The van der Waals surface area contributed by atoms with Crippen LogP contribution in [0.15, 0.2) is 41.8 Å². The van der Waals surface area contributed by atoms with Crippen molar-refractivity contribution in [3.05, 3.63) is 52.5 Å². The van der Waals surface area contributed by atoms with Crippen molar-refractivity contribution in [2.75, 3.05) is 13.1 Å². The Balaban J connectivity index is 1.58. The lowest BCUT2D eigenvalue weighted by molar-refractivity contribution is -0.133. The van der Waals surface area contributed by atoms with Crippen molar-refractivity contribution in [2.45, 2.75) is 39.3 Å². The minimum Gasteiger partial charge on any atom is -0.342 e. The van der Waals surface area contributed by atoms with Crippen molar-refractivity contribution >= 4 is 34.2 Å². The third-order valence-electron chi connectivity index (χ3n) is 5.59. The molecule has 1 aliphatic heterocycles. The van der Waals surface area contributed by atoms with E-state index in [0.29, 0.717) is 16.6 Å². The fourth-order valence-electron chi connectivity index (χ4n) is 3.82. The fraction of sp³-hybridized carbons (Fsp3) is 0.409. The molecule has 1 fully saturated rings. The molecule has 1 aliphatic rings. The second kappa shape index (κ2) is 8.37. The number of fused-ring (bicyclic) bond motifs is 1. The Labute approximate surface area is 174 Å².